The Balaban J connectivity index is 1.37. The van der Waals surface area contributed by atoms with Crippen LogP contribution in [-0.4, -0.2) is 69.8 Å². The Hall–Kier alpha value is -2.52. The maximum atomic E-state index is 12.9. The molecule has 0 amide bonds. The third-order valence-corrected chi connectivity index (χ3v) is 6.55. The summed E-state index contributed by atoms with van der Waals surface area (Å²) < 4.78 is 7.51. The molecule has 5 rings (SSSR count). The van der Waals surface area contributed by atoms with Crippen molar-refractivity contribution in [2.45, 2.75) is 45.7 Å². The molecule has 0 atom stereocenters. The number of aryl methyl sites for hydroxylation is 2. The molecule has 3 aliphatic heterocycles. The summed E-state index contributed by atoms with van der Waals surface area (Å²) in [5.74, 6) is 1.85. The summed E-state index contributed by atoms with van der Waals surface area (Å²) in [5.41, 5.74) is 4.95. The van der Waals surface area contributed by atoms with Crippen molar-refractivity contribution < 1.29 is 4.74 Å². The lowest BCUT2D eigenvalue weighted by Crippen LogP contribution is -2.39. The number of H-pyrrole nitrogens is 1. The Bertz CT molecular complexity index is 1050. The first-order valence-corrected chi connectivity index (χ1v) is 11.3. The lowest BCUT2D eigenvalue weighted by atomic mass is 10.0. The van der Waals surface area contributed by atoms with Gasteiger partial charge in [-0.15, -0.1) is 0 Å². The van der Waals surface area contributed by atoms with Crippen LogP contribution >= 0.6 is 0 Å². The van der Waals surface area contributed by atoms with Gasteiger partial charge in [0.2, 0.25) is 0 Å². The zero-order valence-corrected chi connectivity index (χ0v) is 18.5. The first-order valence-electron chi connectivity index (χ1n) is 11.3. The van der Waals surface area contributed by atoms with E-state index < -0.39 is 0 Å². The zero-order valence-electron chi connectivity index (χ0n) is 18.5. The second kappa shape index (κ2) is 8.55. The van der Waals surface area contributed by atoms with Gasteiger partial charge in [-0.1, -0.05) is 0 Å². The fraction of sp³-hybridized carbons (Fsp3) is 0.636. The number of ether oxygens (including phenoxy) is 1. The lowest BCUT2D eigenvalue weighted by Gasteiger charge is -2.32. The van der Waals surface area contributed by atoms with Gasteiger partial charge in [0, 0.05) is 58.3 Å². The summed E-state index contributed by atoms with van der Waals surface area (Å²) in [6, 6.07) is 0. The predicted molar refractivity (Wildman–Crippen MR) is 119 cm³/mol. The molecule has 0 spiro atoms. The number of morpholine rings is 1. The highest BCUT2D eigenvalue weighted by molar-refractivity contribution is 5.97. The van der Waals surface area contributed by atoms with E-state index in [2.05, 4.69) is 26.7 Å². The standard InChI is InChI=1S/C22H31N7O2/c1-15-16(22(27(2)26-15)29-9-11-31-12-10-29)13-28-8-6-18-17(14-28)21(30)25-20(24-18)19-5-3-4-7-23-19/h3-14H2,1-2H3,(H,24,25,30). The summed E-state index contributed by atoms with van der Waals surface area (Å²) in [6.07, 6.45) is 3.92. The quantitative estimate of drug-likeness (QED) is 0.791. The first-order chi connectivity index (χ1) is 15.1. The van der Waals surface area contributed by atoms with E-state index in [1.54, 1.807) is 0 Å². The van der Waals surface area contributed by atoms with E-state index in [0.29, 0.717) is 12.4 Å². The minimum atomic E-state index is -0.0192. The number of aromatic nitrogens is 4. The second-order valence-electron chi connectivity index (χ2n) is 8.70. The second-order valence-corrected chi connectivity index (χ2v) is 8.70. The number of hydrogen-bond acceptors (Lipinski definition) is 7. The molecule has 1 fully saturated rings. The number of rotatable bonds is 4. The van der Waals surface area contributed by atoms with Crippen molar-refractivity contribution in [3.05, 3.63) is 38.7 Å². The Kier molecular flexibility index (Phi) is 5.62. The molecular formula is C22H31N7O2. The minimum absolute atomic E-state index is 0.0192. The van der Waals surface area contributed by atoms with Gasteiger partial charge < -0.3 is 14.6 Å². The Labute approximate surface area is 182 Å². The number of anilines is 1. The van der Waals surface area contributed by atoms with Crippen LogP contribution in [0.2, 0.25) is 0 Å². The minimum Gasteiger partial charge on any atom is -0.378 e. The Morgan fingerprint density at radius 2 is 1.97 bits per heavy atom. The molecule has 0 unspecified atom stereocenters. The van der Waals surface area contributed by atoms with Crippen LogP contribution in [0.5, 0.6) is 0 Å². The van der Waals surface area contributed by atoms with Crippen LogP contribution in [0.15, 0.2) is 9.79 Å². The van der Waals surface area contributed by atoms with E-state index in [4.69, 9.17) is 14.8 Å². The Morgan fingerprint density at radius 1 is 1.13 bits per heavy atom. The lowest BCUT2D eigenvalue weighted by molar-refractivity contribution is 0.122. The monoisotopic (exact) mass is 425 g/mol. The van der Waals surface area contributed by atoms with Crippen LogP contribution < -0.4 is 10.5 Å². The molecule has 0 bridgehead atoms. The topological polar surface area (TPSA) is 91.6 Å². The molecule has 1 saturated heterocycles. The Morgan fingerprint density at radius 3 is 2.74 bits per heavy atom. The van der Waals surface area contributed by atoms with E-state index in [0.717, 1.165) is 94.3 Å². The summed E-state index contributed by atoms with van der Waals surface area (Å²) in [7, 11) is 2.01. The van der Waals surface area contributed by atoms with Crippen molar-refractivity contribution >= 4 is 11.5 Å². The van der Waals surface area contributed by atoms with Crippen LogP contribution in [0, 0.1) is 6.92 Å². The van der Waals surface area contributed by atoms with Crippen molar-refractivity contribution in [1.29, 1.82) is 0 Å². The highest BCUT2D eigenvalue weighted by Gasteiger charge is 2.27. The van der Waals surface area contributed by atoms with Gasteiger partial charge in [-0.05, 0) is 26.2 Å². The van der Waals surface area contributed by atoms with Gasteiger partial charge >= 0.3 is 0 Å². The number of fused-ring (bicyclic) bond motifs is 1. The van der Waals surface area contributed by atoms with Gasteiger partial charge in [-0.2, -0.15) is 5.10 Å². The van der Waals surface area contributed by atoms with E-state index in [9.17, 15) is 4.79 Å². The third kappa shape index (κ3) is 4.04. The van der Waals surface area contributed by atoms with E-state index in [1.807, 2.05) is 11.7 Å². The van der Waals surface area contributed by atoms with Crippen LogP contribution in [-0.2, 0) is 31.3 Å². The van der Waals surface area contributed by atoms with Crippen molar-refractivity contribution in [2.24, 2.45) is 12.0 Å². The molecule has 1 N–H and O–H groups in total. The summed E-state index contributed by atoms with van der Waals surface area (Å²) in [4.78, 5) is 30.0. The number of nitrogens with one attached hydrogen (secondary N) is 1. The maximum Gasteiger partial charge on any atom is 0.255 e. The molecule has 0 aromatic carbocycles. The summed E-state index contributed by atoms with van der Waals surface area (Å²) >= 11 is 0. The molecule has 3 aliphatic rings. The molecule has 166 valence electrons. The van der Waals surface area contributed by atoms with Gasteiger partial charge in [-0.3, -0.25) is 19.4 Å². The van der Waals surface area contributed by atoms with Gasteiger partial charge in [0.05, 0.1) is 35.9 Å². The molecule has 2 aromatic rings. The molecule has 9 heteroatoms. The number of hydrogen-bond donors (Lipinski definition) is 1. The molecule has 0 saturated carbocycles. The number of aliphatic imine (C=N–C) groups is 1. The summed E-state index contributed by atoms with van der Waals surface area (Å²) in [6.45, 7) is 8.43. The summed E-state index contributed by atoms with van der Waals surface area (Å²) in [5, 5.41) is 4.69. The van der Waals surface area contributed by atoms with E-state index >= 15 is 0 Å². The molecule has 2 aromatic heterocycles. The van der Waals surface area contributed by atoms with Crippen molar-refractivity contribution in [2.75, 3.05) is 44.3 Å². The van der Waals surface area contributed by atoms with Crippen molar-refractivity contribution in [3.63, 3.8) is 0 Å². The largest absolute Gasteiger partial charge is 0.378 e. The fourth-order valence-corrected chi connectivity index (χ4v) is 4.91. The van der Waals surface area contributed by atoms with E-state index in [-0.39, 0.29) is 5.56 Å². The molecule has 31 heavy (non-hydrogen) atoms. The van der Waals surface area contributed by atoms with Crippen LogP contribution in [0.1, 0.15) is 47.6 Å². The maximum absolute atomic E-state index is 12.9. The third-order valence-electron chi connectivity index (χ3n) is 6.55. The molecular weight excluding hydrogens is 394 g/mol. The van der Waals surface area contributed by atoms with Gasteiger partial charge in [0.25, 0.3) is 5.56 Å². The average molecular weight is 426 g/mol. The van der Waals surface area contributed by atoms with Crippen LogP contribution in [0.4, 0.5) is 5.82 Å². The smallest absolute Gasteiger partial charge is 0.255 e. The van der Waals surface area contributed by atoms with Crippen LogP contribution in [0.3, 0.4) is 0 Å². The average Bonchev–Trinajstić information content (AvgIpc) is 3.07. The number of aromatic amines is 1. The normalized spacial score (nSPS) is 19.9. The zero-order chi connectivity index (χ0) is 21.4. The highest BCUT2D eigenvalue weighted by Crippen LogP contribution is 2.27. The fourth-order valence-electron chi connectivity index (χ4n) is 4.91. The number of nitrogens with zero attached hydrogens (tertiary/aromatic N) is 6. The molecule has 0 aliphatic carbocycles. The van der Waals surface area contributed by atoms with E-state index in [1.165, 1.54) is 11.4 Å². The molecule has 9 nitrogen and oxygen atoms in total. The predicted octanol–water partition coefficient (Wildman–Crippen LogP) is 1.18. The molecule has 0 radical (unpaired) electrons. The van der Waals surface area contributed by atoms with Gasteiger partial charge in [-0.25, -0.2) is 4.98 Å². The van der Waals surface area contributed by atoms with Crippen molar-refractivity contribution in [3.8, 4) is 0 Å². The van der Waals surface area contributed by atoms with Crippen LogP contribution in [0.25, 0.3) is 0 Å². The molecule has 5 heterocycles. The van der Waals surface area contributed by atoms with Crippen molar-refractivity contribution in [1.82, 2.24) is 24.6 Å². The van der Waals surface area contributed by atoms with Gasteiger partial charge in [0.15, 0.2) is 5.82 Å². The first kappa shape index (κ1) is 20.4. The highest BCUT2D eigenvalue weighted by atomic mass is 16.5. The van der Waals surface area contributed by atoms with Gasteiger partial charge in [0.1, 0.15) is 5.82 Å². The SMILES string of the molecule is Cc1nn(C)c(N2CCOCC2)c1CN1CCc2nc(C3=NCCCC3)[nH]c(=O)c2C1.